The first kappa shape index (κ1) is 17.5. The summed E-state index contributed by atoms with van der Waals surface area (Å²) in [6, 6.07) is 2.94. The third-order valence-electron chi connectivity index (χ3n) is 2.75. The molecule has 1 rings (SSSR count). The van der Waals surface area contributed by atoms with Gasteiger partial charge in [-0.1, -0.05) is 12.1 Å². The first-order valence-electron chi connectivity index (χ1n) is 6.82. The Kier molecular flexibility index (Phi) is 6.88. The molecule has 0 aliphatic carbocycles. The SMILES string of the molecule is CCCN=C(C)/C(C)=N/Oc1ncccc1C(=O)C(=O)OC. The molecule has 0 aliphatic heterocycles. The second-order valence-electron chi connectivity index (χ2n) is 4.41. The van der Waals surface area contributed by atoms with Crippen LogP contribution in [0.15, 0.2) is 28.5 Å². The van der Waals surface area contributed by atoms with E-state index in [4.69, 9.17) is 4.84 Å². The summed E-state index contributed by atoms with van der Waals surface area (Å²) in [5.74, 6) is -1.88. The number of ketones is 1. The monoisotopic (exact) mass is 305 g/mol. The van der Waals surface area contributed by atoms with Gasteiger partial charge in [0.1, 0.15) is 0 Å². The molecule has 1 aromatic rings. The van der Waals surface area contributed by atoms with Crippen LogP contribution in [-0.4, -0.2) is 41.8 Å². The fourth-order valence-electron chi connectivity index (χ4n) is 1.41. The van der Waals surface area contributed by atoms with Crippen LogP contribution in [0.5, 0.6) is 5.88 Å². The van der Waals surface area contributed by atoms with E-state index in [1.54, 1.807) is 6.92 Å². The van der Waals surface area contributed by atoms with Crippen LogP contribution in [0.3, 0.4) is 0 Å². The van der Waals surface area contributed by atoms with E-state index < -0.39 is 11.8 Å². The summed E-state index contributed by atoms with van der Waals surface area (Å²) >= 11 is 0. The van der Waals surface area contributed by atoms with Gasteiger partial charge in [0.2, 0.25) is 0 Å². The molecule has 0 bridgehead atoms. The van der Waals surface area contributed by atoms with Crippen molar-refractivity contribution >= 4 is 23.2 Å². The predicted molar refractivity (Wildman–Crippen MR) is 82.6 cm³/mol. The first-order chi connectivity index (χ1) is 10.5. The van der Waals surface area contributed by atoms with Gasteiger partial charge in [0.25, 0.3) is 11.7 Å². The van der Waals surface area contributed by atoms with Gasteiger partial charge in [0, 0.05) is 12.7 Å². The largest absolute Gasteiger partial charge is 0.463 e. The van der Waals surface area contributed by atoms with Crippen LogP contribution >= 0.6 is 0 Å². The van der Waals surface area contributed by atoms with Crippen molar-refractivity contribution in [3.8, 4) is 5.88 Å². The number of pyridine rings is 1. The third-order valence-corrected chi connectivity index (χ3v) is 2.75. The maximum Gasteiger partial charge on any atom is 0.379 e. The van der Waals surface area contributed by atoms with Crippen molar-refractivity contribution in [2.24, 2.45) is 10.1 Å². The van der Waals surface area contributed by atoms with E-state index in [0.717, 1.165) is 19.2 Å². The average Bonchev–Trinajstić information content (AvgIpc) is 2.56. The fraction of sp³-hybridized carbons (Fsp3) is 0.400. The van der Waals surface area contributed by atoms with Gasteiger partial charge in [0.05, 0.1) is 24.1 Å². The molecular formula is C15H19N3O4. The summed E-state index contributed by atoms with van der Waals surface area (Å²) in [6.07, 6.45) is 2.37. The number of ether oxygens (including phenoxy) is 1. The molecular weight excluding hydrogens is 286 g/mol. The third kappa shape index (κ3) is 4.76. The number of oxime groups is 1. The number of aromatic nitrogens is 1. The summed E-state index contributed by atoms with van der Waals surface area (Å²) in [5, 5.41) is 3.89. The number of methoxy groups -OCH3 is 1. The average molecular weight is 305 g/mol. The Labute approximate surface area is 129 Å². The number of aliphatic imine (C=N–C) groups is 1. The zero-order valence-corrected chi connectivity index (χ0v) is 13.1. The minimum Gasteiger partial charge on any atom is -0.463 e. The van der Waals surface area contributed by atoms with Gasteiger partial charge in [-0.25, -0.2) is 9.78 Å². The molecule has 22 heavy (non-hydrogen) atoms. The summed E-state index contributed by atoms with van der Waals surface area (Å²) in [7, 11) is 1.13. The van der Waals surface area contributed by atoms with Crippen molar-refractivity contribution in [3.05, 3.63) is 23.9 Å². The number of hydrogen-bond acceptors (Lipinski definition) is 7. The van der Waals surface area contributed by atoms with E-state index >= 15 is 0 Å². The molecule has 0 amide bonds. The molecule has 0 fully saturated rings. The number of rotatable bonds is 7. The van der Waals surface area contributed by atoms with Gasteiger partial charge < -0.3 is 9.57 Å². The molecule has 0 saturated carbocycles. The topological polar surface area (TPSA) is 90.2 Å². The van der Waals surface area contributed by atoms with Gasteiger partial charge in [-0.3, -0.25) is 9.79 Å². The van der Waals surface area contributed by atoms with Crippen LogP contribution in [0.25, 0.3) is 0 Å². The number of nitrogens with zero attached hydrogens (tertiary/aromatic N) is 3. The van der Waals surface area contributed by atoms with Gasteiger partial charge >= 0.3 is 5.97 Å². The molecule has 0 unspecified atom stereocenters. The van der Waals surface area contributed by atoms with E-state index in [9.17, 15) is 9.59 Å². The molecule has 1 aromatic heterocycles. The van der Waals surface area contributed by atoms with Crippen molar-refractivity contribution in [3.63, 3.8) is 0 Å². The Morgan fingerprint density at radius 1 is 1.27 bits per heavy atom. The lowest BCUT2D eigenvalue weighted by Gasteiger charge is -2.05. The van der Waals surface area contributed by atoms with E-state index in [1.807, 2.05) is 13.8 Å². The predicted octanol–water partition coefficient (Wildman–Crippen LogP) is 2.06. The van der Waals surface area contributed by atoms with Gasteiger partial charge in [0.15, 0.2) is 0 Å². The highest BCUT2D eigenvalue weighted by molar-refractivity contribution is 6.41. The van der Waals surface area contributed by atoms with E-state index in [0.29, 0.717) is 12.3 Å². The Hall–Kier alpha value is -2.57. The van der Waals surface area contributed by atoms with Crippen LogP contribution in [0.4, 0.5) is 0 Å². The van der Waals surface area contributed by atoms with Gasteiger partial charge in [-0.15, -0.1) is 0 Å². The molecule has 7 heteroatoms. The Balaban J connectivity index is 2.95. The number of Topliss-reactive ketones (excluding diaryl/α,β-unsaturated/α-hetero) is 1. The molecule has 0 N–H and O–H groups in total. The summed E-state index contributed by atoms with van der Waals surface area (Å²) in [6.45, 7) is 6.28. The van der Waals surface area contributed by atoms with Gasteiger partial charge in [-0.2, -0.15) is 0 Å². The zero-order chi connectivity index (χ0) is 16.5. The van der Waals surface area contributed by atoms with Crippen LogP contribution in [-0.2, 0) is 9.53 Å². The molecule has 0 aromatic carbocycles. The highest BCUT2D eigenvalue weighted by Crippen LogP contribution is 2.16. The highest BCUT2D eigenvalue weighted by Gasteiger charge is 2.22. The number of carbonyl (C=O) groups excluding carboxylic acids is 2. The second-order valence-corrected chi connectivity index (χ2v) is 4.41. The normalized spacial score (nSPS) is 12.0. The Bertz CT molecular complexity index is 609. The van der Waals surface area contributed by atoms with Crippen molar-refractivity contribution in [2.75, 3.05) is 13.7 Å². The maximum atomic E-state index is 11.8. The molecule has 118 valence electrons. The van der Waals surface area contributed by atoms with Crippen molar-refractivity contribution < 1.29 is 19.2 Å². The minimum absolute atomic E-state index is 0.00551. The van der Waals surface area contributed by atoms with Crippen molar-refractivity contribution in [1.29, 1.82) is 0 Å². The highest BCUT2D eigenvalue weighted by atomic mass is 16.6. The molecule has 0 spiro atoms. The number of carbonyl (C=O) groups is 2. The summed E-state index contributed by atoms with van der Waals surface area (Å²) in [5.41, 5.74) is 1.29. The smallest absolute Gasteiger partial charge is 0.379 e. The summed E-state index contributed by atoms with van der Waals surface area (Å²) < 4.78 is 4.40. The molecule has 7 nitrogen and oxygen atoms in total. The summed E-state index contributed by atoms with van der Waals surface area (Å²) in [4.78, 5) is 36.6. The fourth-order valence-corrected chi connectivity index (χ4v) is 1.41. The second kappa shape index (κ2) is 8.66. The maximum absolute atomic E-state index is 11.8. The van der Waals surface area contributed by atoms with E-state index in [-0.39, 0.29) is 11.4 Å². The lowest BCUT2D eigenvalue weighted by Crippen LogP contribution is -2.17. The molecule has 0 radical (unpaired) electrons. The number of hydrogen-bond donors (Lipinski definition) is 0. The molecule has 1 heterocycles. The molecule has 0 atom stereocenters. The van der Waals surface area contributed by atoms with E-state index in [1.165, 1.54) is 18.3 Å². The number of esters is 1. The Morgan fingerprint density at radius 2 is 2.00 bits per heavy atom. The van der Waals surface area contributed by atoms with Crippen LogP contribution < -0.4 is 4.84 Å². The molecule has 0 aliphatic rings. The lowest BCUT2D eigenvalue weighted by atomic mass is 10.2. The lowest BCUT2D eigenvalue weighted by molar-refractivity contribution is -0.135. The minimum atomic E-state index is -0.987. The first-order valence-corrected chi connectivity index (χ1v) is 6.82. The van der Waals surface area contributed by atoms with Crippen LogP contribution in [0, 0.1) is 0 Å². The molecule has 0 saturated heterocycles. The van der Waals surface area contributed by atoms with E-state index in [2.05, 4.69) is 19.9 Å². The standard InChI is InChI=1S/C15H19N3O4/c1-5-8-16-10(2)11(3)18-22-14-12(7-6-9-17-14)13(19)15(20)21-4/h6-7,9H,5,8H2,1-4H3/b16-10?,18-11+. The Morgan fingerprint density at radius 3 is 2.64 bits per heavy atom. The van der Waals surface area contributed by atoms with Crippen molar-refractivity contribution in [2.45, 2.75) is 27.2 Å². The zero-order valence-electron chi connectivity index (χ0n) is 13.1. The van der Waals surface area contributed by atoms with Gasteiger partial charge in [-0.05, 0) is 32.4 Å². The van der Waals surface area contributed by atoms with Crippen molar-refractivity contribution in [1.82, 2.24) is 4.98 Å². The quantitative estimate of drug-likeness (QED) is 0.253. The van der Waals surface area contributed by atoms with Crippen LogP contribution in [0.2, 0.25) is 0 Å². The van der Waals surface area contributed by atoms with Crippen LogP contribution in [0.1, 0.15) is 37.6 Å².